The maximum atomic E-state index is 12.8. The fourth-order valence-electron chi connectivity index (χ4n) is 2.91. The van der Waals surface area contributed by atoms with Crippen LogP contribution in [0.4, 0.5) is 0 Å². The van der Waals surface area contributed by atoms with Gasteiger partial charge in [-0.05, 0) is 5.56 Å². The molecule has 1 aromatic carbocycles. The third kappa shape index (κ3) is 3.50. The molecule has 0 aromatic heterocycles. The van der Waals surface area contributed by atoms with Crippen molar-refractivity contribution >= 4 is 29.6 Å². The first-order chi connectivity index (χ1) is 11.9. The molecule has 8 heteroatoms. The highest BCUT2D eigenvalue weighted by molar-refractivity contribution is 8.00. The van der Waals surface area contributed by atoms with Crippen molar-refractivity contribution in [3.8, 4) is 0 Å². The monoisotopic (exact) mass is 364 g/mol. The van der Waals surface area contributed by atoms with E-state index in [-0.39, 0.29) is 31.0 Å². The second-order valence-corrected chi connectivity index (χ2v) is 7.42. The summed E-state index contributed by atoms with van der Waals surface area (Å²) in [5.41, 5.74) is 5.58. The largest absolute Gasteiger partial charge is 0.465 e. The maximum absolute atomic E-state index is 12.8. The number of rotatable bonds is 5. The normalized spacial score (nSPS) is 27.9. The topological polar surface area (TPSA) is 98.9 Å². The molecule has 7 nitrogen and oxygen atoms in total. The molecule has 0 aliphatic carbocycles. The number of nitrogens with zero attached hydrogens (tertiary/aromatic N) is 1. The fourth-order valence-corrected chi connectivity index (χ4v) is 4.38. The Bertz CT molecular complexity index is 683. The van der Waals surface area contributed by atoms with Gasteiger partial charge < -0.3 is 20.1 Å². The molecule has 2 heterocycles. The van der Waals surface area contributed by atoms with E-state index in [1.165, 1.54) is 18.7 Å². The number of carbonyl (C=O) groups excluding carboxylic acids is 3. The van der Waals surface area contributed by atoms with E-state index >= 15 is 0 Å². The Balaban J connectivity index is 1.71. The lowest BCUT2D eigenvalue weighted by Gasteiger charge is -2.52. The second kappa shape index (κ2) is 7.05. The van der Waals surface area contributed by atoms with Crippen molar-refractivity contribution < 1.29 is 23.9 Å². The summed E-state index contributed by atoms with van der Waals surface area (Å²) in [5.74, 6) is -0.762. The van der Waals surface area contributed by atoms with Crippen LogP contribution in [-0.4, -0.2) is 53.1 Å². The minimum atomic E-state index is -1.07. The summed E-state index contributed by atoms with van der Waals surface area (Å²) in [6.45, 7) is 1.45. The number of esters is 2. The Kier molecular flexibility index (Phi) is 5.01. The van der Waals surface area contributed by atoms with Crippen molar-refractivity contribution in [2.24, 2.45) is 11.1 Å². The van der Waals surface area contributed by atoms with Gasteiger partial charge in [-0.2, -0.15) is 0 Å². The van der Waals surface area contributed by atoms with Gasteiger partial charge in [-0.1, -0.05) is 30.3 Å². The summed E-state index contributed by atoms with van der Waals surface area (Å²) >= 11 is 1.42. The van der Waals surface area contributed by atoms with E-state index in [9.17, 15) is 14.4 Å². The summed E-state index contributed by atoms with van der Waals surface area (Å²) in [4.78, 5) is 37.5. The van der Waals surface area contributed by atoms with Crippen molar-refractivity contribution in [2.75, 3.05) is 18.9 Å². The van der Waals surface area contributed by atoms with Crippen molar-refractivity contribution in [1.29, 1.82) is 0 Å². The van der Waals surface area contributed by atoms with E-state index in [2.05, 4.69) is 0 Å². The van der Waals surface area contributed by atoms with Crippen LogP contribution in [0.15, 0.2) is 30.3 Å². The van der Waals surface area contributed by atoms with Gasteiger partial charge in [0.25, 0.3) is 0 Å². The van der Waals surface area contributed by atoms with Gasteiger partial charge in [-0.25, -0.2) is 0 Å². The summed E-state index contributed by atoms with van der Waals surface area (Å²) < 4.78 is 10.6. The SMILES string of the molecule is CC(=O)OCC1(C(=O)OCc2ccccc2)CS[C@@H]2C(N)C(=O)N2C1. The predicted molar refractivity (Wildman–Crippen MR) is 91.2 cm³/mol. The lowest BCUT2D eigenvalue weighted by Crippen LogP contribution is -2.72. The van der Waals surface area contributed by atoms with Gasteiger partial charge in [0.05, 0.1) is 0 Å². The number of ether oxygens (including phenoxy) is 2. The highest BCUT2D eigenvalue weighted by atomic mass is 32.2. The summed E-state index contributed by atoms with van der Waals surface area (Å²) in [7, 11) is 0. The lowest BCUT2D eigenvalue weighted by molar-refractivity contribution is -0.168. The molecule has 3 rings (SSSR count). The van der Waals surface area contributed by atoms with Crippen LogP contribution in [0.3, 0.4) is 0 Å². The molecule has 1 amide bonds. The quantitative estimate of drug-likeness (QED) is 0.601. The van der Waals surface area contributed by atoms with Crippen LogP contribution in [0.1, 0.15) is 12.5 Å². The average Bonchev–Trinajstić information content (AvgIpc) is 2.64. The van der Waals surface area contributed by atoms with Crippen molar-refractivity contribution in [3.05, 3.63) is 35.9 Å². The summed E-state index contributed by atoms with van der Waals surface area (Å²) in [6.07, 6.45) is 0. The number of hydrogen-bond acceptors (Lipinski definition) is 7. The molecule has 2 fully saturated rings. The molecule has 0 radical (unpaired) electrons. The van der Waals surface area contributed by atoms with Gasteiger partial charge >= 0.3 is 11.9 Å². The third-order valence-electron chi connectivity index (χ3n) is 4.38. The number of benzene rings is 1. The van der Waals surface area contributed by atoms with Crippen LogP contribution in [0, 0.1) is 5.41 Å². The first kappa shape index (κ1) is 17.8. The number of hydrogen-bond donors (Lipinski definition) is 1. The van der Waals surface area contributed by atoms with Crippen LogP contribution in [0.2, 0.25) is 0 Å². The Labute approximate surface area is 149 Å². The maximum Gasteiger partial charge on any atom is 0.318 e. The third-order valence-corrected chi connectivity index (χ3v) is 5.99. The second-order valence-electron chi connectivity index (χ2n) is 6.32. The number of nitrogens with two attached hydrogens (primary N) is 1. The number of β-lactam (4-membered cyclic amide) rings is 1. The summed E-state index contributed by atoms with van der Waals surface area (Å²) in [6, 6.07) is 8.78. The zero-order valence-electron chi connectivity index (χ0n) is 13.8. The van der Waals surface area contributed by atoms with Gasteiger partial charge in [-0.3, -0.25) is 14.4 Å². The Morgan fingerprint density at radius 3 is 2.72 bits per heavy atom. The Hall–Kier alpha value is -2.06. The molecule has 0 bridgehead atoms. The number of thioether (sulfide) groups is 1. The molecular weight excluding hydrogens is 344 g/mol. The molecule has 0 saturated carbocycles. The molecule has 2 unspecified atom stereocenters. The van der Waals surface area contributed by atoms with Crippen LogP contribution in [0.25, 0.3) is 0 Å². The van der Waals surface area contributed by atoms with Gasteiger partial charge in [0.2, 0.25) is 5.91 Å². The fraction of sp³-hybridized carbons (Fsp3) is 0.471. The highest BCUT2D eigenvalue weighted by Gasteiger charge is 2.56. The molecule has 2 saturated heterocycles. The minimum Gasteiger partial charge on any atom is -0.465 e. The van der Waals surface area contributed by atoms with E-state index in [1.54, 1.807) is 4.90 Å². The molecule has 0 spiro atoms. The molecule has 3 atom stereocenters. The van der Waals surface area contributed by atoms with Crippen LogP contribution < -0.4 is 5.73 Å². The smallest absolute Gasteiger partial charge is 0.318 e. The predicted octanol–water partition coefficient (Wildman–Crippen LogP) is 0.522. The van der Waals surface area contributed by atoms with Crippen molar-refractivity contribution in [1.82, 2.24) is 4.90 Å². The molecule has 2 N–H and O–H groups in total. The molecule has 1 aromatic rings. The van der Waals surface area contributed by atoms with Crippen LogP contribution >= 0.6 is 11.8 Å². The van der Waals surface area contributed by atoms with E-state index in [0.717, 1.165) is 5.56 Å². The van der Waals surface area contributed by atoms with Gasteiger partial charge in [-0.15, -0.1) is 11.8 Å². The first-order valence-corrected chi connectivity index (χ1v) is 9.00. The molecular formula is C17H20N2O5S. The van der Waals surface area contributed by atoms with E-state index in [1.807, 2.05) is 30.3 Å². The lowest BCUT2D eigenvalue weighted by atomic mass is 9.88. The van der Waals surface area contributed by atoms with Crippen LogP contribution in [-0.2, 0) is 30.5 Å². The van der Waals surface area contributed by atoms with Gasteiger partial charge in [0.1, 0.15) is 30.0 Å². The van der Waals surface area contributed by atoms with Gasteiger partial charge in [0, 0.05) is 19.2 Å². The molecule has 2 aliphatic rings. The van der Waals surface area contributed by atoms with E-state index in [0.29, 0.717) is 5.75 Å². The van der Waals surface area contributed by atoms with E-state index in [4.69, 9.17) is 15.2 Å². The standard InChI is InChI=1S/C17H20N2O5S/c1-11(20)24-9-17(8-19-14(21)13(18)15(19)25-10-17)16(22)23-7-12-5-3-2-4-6-12/h2-6,13,15H,7-10,18H2,1H3/t13?,15-,17?/m1/s1. The minimum absolute atomic E-state index is 0.116. The molecule has 25 heavy (non-hydrogen) atoms. The van der Waals surface area contributed by atoms with E-state index < -0.39 is 23.4 Å². The summed E-state index contributed by atoms with van der Waals surface area (Å²) in [5, 5.41) is -0.125. The zero-order chi connectivity index (χ0) is 18.0. The molecule has 134 valence electrons. The average molecular weight is 364 g/mol. The number of amides is 1. The zero-order valence-corrected chi connectivity index (χ0v) is 14.7. The Morgan fingerprint density at radius 1 is 1.32 bits per heavy atom. The number of carbonyl (C=O) groups is 3. The molecule has 2 aliphatic heterocycles. The number of fused-ring (bicyclic) bond motifs is 1. The first-order valence-electron chi connectivity index (χ1n) is 7.95. The van der Waals surface area contributed by atoms with Crippen LogP contribution in [0.5, 0.6) is 0 Å². The Morgan fingerprint density at radius 2 is 2.04 bits per heavy atom. The van der Waals surface area contributed by atoms with Crippen molar-refractivity contribution in [3.63, 3.8) is 0 Å². The highest BCUT2D eigenvalue weighted by Crippen LogP contribution is 2.42. The van der Waals surface area contributed by atoms with Gasteiger partial charge in [0.15, 0.2) is 0 Å². The van der Waals surface area contributed by atoms with Crippen molar-refractivity contribution in [2.45, 2.75) is 24.9 Å².